The highest BCUT2D eigenvalue weighted by Gasteiger charge is 2.43. The summed E-state index contributed by atoms with van der Waals surface area (Å²) < 4.78 is 13.6. The third-order valence-electron chi connectivity index (χ3n) is 4.54. The minimum Gasteiger partial charge on any atom is -0.396 e. The zero-order valence-corrected chi connectivity index (χ0v) is 10.5. The van der Waals surface area contributed by atoms with Gasteiger partial charge in [0.1, 0.15) is 5.82 Å². The molecule has 2 fully saturated rings. The maximum absolute atomic E-state index is 13.6. The third kappa shape index (κ3) is 2.29. The molecule has 1 aromatic rings. The molecule has 0 unspecified atom stereocenters. The molecule has 2 nitrogen and oxygen atoms in total. The number of benzene rings is 1. The molecule has 2 saturated carbocycles. The van der Waals surface area contributed by atoms with Gasteiger partial charge in [0.05, 0.1) is 0 Å². The Kier molecular flexibility index (Phi) is 3.12. The van der Waals surface area contributed by atoms with Crippen LogP contribution in [0.4, 0.5) is 4.39 Å². The third-order valence-corrected chi connectivity index (χ3v) is 4.54. The van der Waals surface area contributed by atoms with Crippen molar-refractivity contribution in [1.29, 1.82) is 0 Å². The standard InChI is InChI=1S/C15H20FNO/c16-14-4-2-1-3-13(14)11-7-12(8-11)17-9-15(10-18)5-6-15/h1-4,11-12,17-18H,5-10H2. The molecule has 0 spiro atoms. The SMILES string of the molecule is OCC1(CNC2CC(c3ccccc3F)C2)CC1. The molecular weight excluding hydrogens is 229 g/mol. The van der Waals surface area contributed by atoms with Crippen molar-refractivity contribution < 1.29 is 9.50 Å². The molecule has 2 aliphatic carbocycles. The number of aliphatic hydroxyl groups is 1. The van der Waals surface area contributed by atoms with E-state index in [1.807, 2.05) is 12.1 Å². The highest BCUT2D eigenvalue weighted by molar-refractivity contribution is 5.24. The number of hydrogen-bond acceptors (Lipinski definition) is 2. The van der Waals surface area contributed by atoms with Crippen molar-refractivity contribution in [2.45, 2.75) is 37.6 Å². The molecule has 0 aliphatic heterocycles. The van der Waals surface area contributed by atoms with Gasteiger partial charge in [-0.1, -0.05) is 18.2 Å². The van der Waals surface area contributed by atoms with Gasteiger partial charge < -0.3 is 10.4 Å². The fourth-order valence-corrected chi connectivity index (χ4v) is 2.77. The first-order valence-electron chi connectivity index (χ1n) is 6.81. The Labute approximate surface area is 107 Å². The lowest BCUT2D eigenvalue weighted by Crippen LogP contribution is -2.43. The predicted molar refractivity (Wildman–Crippen MR) is 68.9 cm³/mol. The smallest absolute Gasteiger partial charge is 0.126 e. The van der Waals surface area contributed by atoms with Crippen molar-refractivity contribution in [3.05, 3.63) is 35.6 Å². The van der Waals surface area contributed by atoms with Gasteiger partial charge in [-0.05, 0) is 43.2 Å². The van der Waals surface area contributed by atoms with E-state index in [-0.39, 0.29) is 11.2 Å². The van der Waals surface area contributed by atoms with E-state index < -0.39 is 0 Å². The first-order chi connectivity index (χ1) is 8.72. The summed E-state index contributed by atoms with van der Waals surface area (Å²) in [6.45, 7) is 1.21. The summed E-state index contributed by atoms with van der Waals surface area (Å²) in [7, 11) is 0. The molecule has 98 valence electrons. The van der Waals surface area contributed by atoms with Gasteiger partial charge in [-0.3, -0.25) is 0 Å². The van der Waals surface area contributed by atoms with Gasteiger partial charge >= 0.3 is 0 Å². The number of rotatable bonds is 5. The van der Waals surface area contributed by atoms with Gasteiger partial charge in [0.15, 0.2) is 0 Å². The topological polar surface area (TPSA) is 32.3 Å². The quantitative estimate of drug-likeness (QED) is 0.840. The Bertz CT molecular complexity index is 424. The maximum Gasteiger partial charge on any atom is 0.126 e. The van der Waals surface area contributed by atoms with E-state index in [0.29, 0.717) is 18.6 Å². The molecule has 0 heterocycles. The van der Waals surface area contributed by atoms with Crippen molar-refractivity contribution in [2.75, 3.05) is 13.2 Å². The van der Waals surface area contributed by atoms with Gasteiger partial charge in [0, 0.05) is 24.6 Å². The largest absolute Gasteiger partial charge is 0.396 e. The molecule has 0 saturated heterocycles. The minimum absolute atomic E-state index is 0.0741. The van der Waals surface area contributed by atoms with Crippen LogP contribution in [0.25, 0.3) is 0 Å². The summed E-state index contributed by atoms with van der Waals surface area (Å²) in [5.74, 6) is 0.294. The van der Waals surface area contributed by atoms with E-state index >= 15 is 0 Å². The van der Waals surface area contributed by atoms with Gasteiger partial charge in [-0.15, -0.1) is 0 Å². The maximum atomic E-state index is 13.6. The van der Waals surface area contributed by atoms with Crippen LogP contribution >= 0.6 is 0 Å². The number of hydrogen-bond donors (Lipinski definition) is 2. The van der Waals surface area contributed by atoms with Gasteiger partial charge in [0.2, 0.25) is 0 Å². The highest BCUT2D eigenvalue weighted by Crippen LogP contribution is 2.45. The van der Waals surface area contributed by atoms with Crippen LogP contribution in [0.15, 0.2) is 24.3 Å². The van der Waals surface area contributed by atoms with Crippen LogP contribution in [0.1, 0.15) is 37.2 Å². The number of halogens is 1. The number of nitrogens with one attached hydrogen (secondary N) is 1. The fourth-order valence-electron chi connectivity index (χ4n) is 2.77. The average molecular weight is 249 g/mol. The summed E-state index contributed by atoms with van der Waals surface area (Å²) in [6.07, 6.45) is 4.31. The Morgan fingerprint density at radius 3 is 2.61 bits per heavy atom. The molecule has 3 heteroatoms. The average Bonchev–Trinajstić information content (AvgIpc) is 3.10. The van der Waals surface area contributed by atoms with Crippen LogP contribution in [0, 0.1) is 11.2 Å². The lowest BCUT2D eigenvalue weighted by Gasteiger charge is -2.37. The Morgan fingerprint density at radius 2 is 2.00 bits per heavy atom. The molecule has 0 radical (unpaired) electrons. The Hall–Kier alpha value is -0.930. The van der Waals surface area contributed by atoms with Gasteiger partial charge in [0.25, 0.3) is 0 Å². The Morgan fingerprint density at radius 1 is 1.28 bits per heavy atom. The van der Waals surface area contributed by atoms with E-state index in [1.54, 1.807) is 12.1 Å². The van der Waals surface area contributed by atoms with Crippen LogP contribution in [0.2, 0.25) is 0 Å². The lowest BCUT2D eigenvalue weighted by molar-refractivity contribution is 0.189. The van der Waals surface area contributed by atoms with Crippen LogP contribution in [-0.4, -0.2) is 24.3 Å². The molecule has 1 aromatic carbocycles. The fraction of sp³-hybridized carbons (Fsp3) is 0.600. The molecule has 3 rings (SSSR count). The van der Waals surface area contributed by atoms with Crippen LogP contribution < -0.4 is 5.32 Å². The minimum atomic E-state index is -0.0741. The second-order valence-electron chi connectivity index (χ2n) is 5.93. The second-order valence-corrected chi connectivity index (χ2v) is 5.93. The molecule has 0 aromatic heterocycles. The van der Waals surface area contributed by atoms with Gasteiger partial charge in [-0.2, -0.15) is 0 Å². The Balaban J connectivity index is 1.47. The predicted octanol–water partition coefficient (Wildman–Crippen LogP) is 2.43. The molecule has 18 heavy (non-hydrogen) atoms. The molecular formula is C15H20FNO. The molecule has 2 aliphatic rings. The molecule has 0 atom stereocenters. The zero-order valence-electron chi connectivity index (χ0n) is 10.5. The lowest BCUT2D eigenvalue weighted by atomic mass is 9.75. The first-order valence-corrected chi connectivity index (χ1v) is 6.81. The normalized spacial score (nSPS) is 28.8. The zero-order chi connectivity index (χ0) is 12.6. The van der Waals surface area contributed by atoms with Crippen molar-refractivity contribution in [3.63, 3.8) is 0 Å². The van der Waals surface area contributed by atoms with E-state index in [1.165, 1.54) is 0 Å². The summed E-state index contributed by atoms with van der Waals surface area (Å²) in [6, 6.07) is 7.58. The van der Waals surface area contributed by atoms with E-state index in [2.05, 4.69) is 5.32 Å². The van der Waals surface area contributed by atoms with E-state index in [9.17, 15) is 9.50 Å². The summed E-state index contributed by atoms with van der Waals surface area (Å²) >= 11 is 0. The van der Waals surface area contributed by atoms with Crippen LogP contribution in [-0.2, 0) is 0 Å². The monoisotopic (exact) mass is 249 g/mol. The number of aliphatic hydroxyl groups excluding tert-OH is 1. The molecule has 0 bridgehead atoms. The van der Waals surface area contributed by atoms with Crippen molar-refractivity contribution in [3.8, 4) is 0 Å². The van der Waals surface area contributed by atoms with E-state index in [0.717, 1.165) is 37.8 Å². The molecule has 2 N–H and O–H groups in total. The van der Waals surface area contributed by atoms with Crippen LogP contribution in [0.5, 0.6) is 0 Å². The van der Waals surface area contributed by atoms with Crippen molar-refractivity contribution >= 4 is 0 Å². The highest BCUT2D eigenvalue weighted by atomic mass is 19.1. The van der Waals surface area contributed by atoms with Crippen molar-refractivity contribution in [2.24, 2.45) is 5.41 Å². The van der Waals surface area contributed by atoms with Crippen LogP contribution in [0.3, 0.4) is 0 Å². The first kappa shape index (κ1) is 12.1. The van der Waals surface area contributed by atoms with Crippen molar-refractivity contribution in [1.82, 2.24) is 5.32 Å². The second kappa shape index (κ2) is 4.63. The molecule has 0 amide bonds. The van der Waals surface area contributed by atoms with E-state index in [4.69, 9.17) is 0 Å². The summed E-state index contributed by atoms with van der Waals surface area (Å²) in [4.78, 5) is 0. The summed E-state index contributed by atoms with van der Waals surface area (Å²) in [5.41, 5.74) is 1.03. The van der Waals surface area contributed by atoms with Gasteiger partial charge in [-0.25, -0.2) is 4.39 Å². The summed E-state index contributed by atoms with van der Waals surface area (Å²) in [5, 5.41) is 12.7.